The zero-order chi connectivity index (χ0) is 11.4. The van der Waals surface area contributed by atoms with Crippen LogP contribution in [-0.4, -0.2) is 17.0 Å². The monoisotopic (exact) mass is 204 g/mol. The molecule has 0 saturated carbocycles. The highest BCUT2D eigenvalue weighted by Gasteiger charge is 2.09. The van der Waals surface area contributed by atoms with Crippen LogP contribution in [0.15, 0.2) is 18.2 Å². The number of aromatic carboxylic acids is 1. The number of nitrogen functional groups attached to an aromatic ring is 1. The molecule has 1 aromatic carbocycles. The van der Waals surface area contributed by atoms with Crippen LogP contribution in [-0.2, 0) is 4.79 Å². The number of para-hydroxylation sites is 1. The fraction of sp³-hybridized carbons (Fsp3) is 0. The molecule has 15 heavy (non-hydrogen) atoms. The van der Waals surface area contributed by atoms with Gasteiger partial charge >= 0.3 is 5.97 Å². The molecule has 5 N–H and O–H groups in total. The molecule has 0 fully saturated rings. The van der Waals surface area contributed by atoms with Crippen LogP contribution in [0.1, 0.15) is 15.9 Å². The fourth-order valence-corrected chi connectivity index (χ4v) is 0.990. The molecule has 0 unspecified atom stereocenters. The van der Waals surface area contributed by atoms with E-state index in [1.165, 1.54) is 18.2 Å². The Balaban J connectivity index is 3.23. The highest BCUT2D eigenvalue weighted by atomic mass is 16.4. The lowest BCUT2D eigenvalue weighted by Crippen LogP contribution is -2.07. The number of carboxylic acids is 1. The summed E-state index contributed by atoms with van der Waals surface area (Å²) in [5, 5.41) is 8.75. The van der Waals surface area contributed by atoms with Gasteiger partial charge in [0, 0.05) is 11.5 Å². The van der Waals surface area contributed by atoms with Gasteiger partial charge in [-0.05, 0) is 12.1 Å². The van der Waals surface area contributed by atoms with Gasteiger partial charge in [-0.15, -0.1) is 0 Å². The number of carbonyl (C=O) groups excluding carboxylic acids is 1. The molecule has 0 aliphatic heterocycles. The number of hydrogen-bond donors (Lipinski definition) is 3. The second kappa shape index (κ2) is 4.15. The van der Waals surface area contributed by atoms with Gasteiger partial charge in [-0.3, -0.25) is 4.79 Å². The van der Waals surface area contributed by atoms with Crippen LogP contribution in [0.3, 0.4) is 0 Å². The number of benzene rings is 1. The van der Waals surface area contributed by atoms with Crippen molar-refractivity contribution in [3.63, 3.8) is 0 Å². The number of anilines is 1. The van der Waals surface area contributed by atoms with Crippen LogP contribution in [0.5, 0.6) is 0 Å². The molecule has 0 saturated heterocycles. The van der Waals surface area contributed by atoms with Crippen LogP contribution < -0.4 is 11.5 Å². The molecular formula is C10H8N2O3. The van der Waals surface area contributed by atoms with Crippen LogP contribution in [0, 0.1) is 11.8 Å². The van der Waals surface area contributed by atoms with Crippen molar-refractivity contribution in [3.05, 3.63) is 29.3 Å². The maximum absolute atomic E-state index is 10.7. The lowest BCUT2D eigenvalue weighted by atomic mass is 10.1. The standard InChI is InChI=1S/C10H8N2O3/c11-8(13)5-4-6-2-1-3-7(9(6)12)10(14)15/h1-3H,12H2,(H2,11,13)(H,14,15). The Morgan fingerprint density at radius 1 is 1.33 bits per heavy atom. The van der Waals surface area contributed by atoms with E-state index in [4.69, 9.17) is 16.6 Å². The lowest BCUT2D eigenvalue weighted by Gasteiger charge is -2.01. The van der Waals surface area contributed by atoms with Crippen molar-refractivity contribution in [1.29, 1.82) is 0 Å². The quantitative estimate of drug-likeness (QED) is 0.435. The van der Waals surface area contributed by atoms with Crippen molar-refractivity contribution < 1.29 is 14.7 Å². The van der Waals surface area contributed by atoms with Gasteiger partial charge in [0.25, 0.3) is 5.91 Å². The maximum atomic E-state index is 10.7. The third kappa shape index (κ3) is 2.48. The fourth-order valence-electron chi connectivity index (χ4n) is 0.990. The summed E-state index contributed by atoms with van der Waals surface area (Å²) >= 11 is 0. The first kappa shape index (κ1) is 10.6. The molecule has 0 bridgehead atoms. The third-order valence-electron chi connectivity index (χ3n) is 1.66. The summed E-state index contributed by atoms with van der Waals surface area (Å²) in [6.07, 6.45) is 0. The molecule has 0 spiro atoms. The molecule has 5 heteroatoms. The minimum Gasteiger partial charge on any atom is -0.478 e. The van der Waals surface area contributed by atoms with E-state index in [1.807, 2.05) is 0 Å². The zero-order valence-corrected chi connectivity index (χ0v) is 7.65. The van der Waals surface area contributed by atoms with Gasteiger partial charge in [-0.25, -0.2) is 4.79 Å². The Morgan fingerprint density at radius 3 is 2.53 bits per heavy atom. The molecule has 0 atom stereocenters. The smallest absolute Gasteiger partial charge is 0.337 e. The molecule has 76 valence electrons. The number of rotatable bonds is 1. The Bertz CT molecular complexity index is 483. The SMILES string of the molecule is NC(=O)C#Cc1cccc(C(=O)O)c1N. The van der Waals surface area contributed by atoms with Gasteiger partial charge in [0.2, 0.25) is 0 Å². The maximum Gasteiger partial charge on any atom is 0.337 e. The van der Waals surface area contributed by atoms with E-state index in [1.54, 1.807) is 0 Å². The molecule has 0 heterocycles. The van der Waals surface area contributed by atoms with E-state index >= 15 is 0 Å². The summed E-state index contributed by atoms with van der Waals surface area (Å²) in [6.45, 7) is 0. The summed E-state index contributed by atoms with van der Waals surface area (Å²) in [7, 11) is 0. The molecule has 1 amide bonds. The highest BCUT2D eigenvalue weighted by molar-refractivity contribution is 5.96. The first-order valence-corrected chi connectivity index (χ1v) is 3.95. The van der Waals surface area contributed by atoms with Gasteiger partial charge in [-0.2, -0.15) is 0 Å². The first-order valence-electron chi connectivity index (χ1n) is 3.95. The number of carbonyl (C=O) groups is 2. The second-order valence-corrected chi connectivity index (χ2v) is 2.69. The molecular weight excluding hydrogens is 196 g/mol. The topological polar surface area (TPSA) is 106 Å². The minimum absolute atomic E-state index is 0.0266. The Kier molecular flexibility index (Phi) is 2.94. The van der Waals surface area contributed by atoms with Crippen molar-refractivity contribution in [3.8, 4) is 11.8 Å². The average Bonchev–Trinajstić information content (AvgIpc) is 2.15. The van der Waals surface area contributed by atoms with E-state index in [2.05, 4.69) is 11.8 Å². The summed E-state index contributed by atoms with van der Waals surface area (Å²) in [5.41, 5.74) is 10.6. The van der Waals surface area contributed by atoms with Crippen molar-refractivity contribution in [2.24, 2.45) is 5.73 Å². The number of primary amides is 1. The van der Waals surface area contributed by atoms with E-state index in [-0.39, 0.29) is 16.8 Å². The number of amides is 1. The van der Waals surface area contributed by atoms with Gasteiger partial charge in [-0.1, -0.05) is 12.0 Å². The Hall–Kier alpha value is -2.48. The average molecular weight is 204 g/mol. The summed E-state index contributed by atoms with van der Waals surface area (Å²) in [5.74, 6) is 2.54. The second-order valence-electron chi connectivity index (χ2n) is 2.69. The molecule has 0 aromatic heterocycles. The molecule has 0 radical (unpaired) electrons. The van der Waals surface area contributed by atoms with Gasteiger partial charge in [0.1, 0.15) is 0 Å². The lowest BCUT2D eigenvalue weighted by molar-refractivity contribution is -0.112. The van der Waals surface area contributed by atoms with E-state index in [0.717, 1.165) is 0 Å². The van der Waals surface area contributed by atoms with Crippen LogP contribution in [0.25, 0.3) is 0 Å². The van der Waals surface area contributed by atoms with Crippen molar-refractivity contribution in [2.75, 3.05) is 5.73 Å². The minimum atomic E-state index is -1.14. The largest absolute Gasteiger partial charge is 0.478 e. The molecule has 1 aromatic rings. The van der Waals surface area contributed by atoms with Crippen molar-refractivity contribution in [1.82, 2.24) is 0 Å². The summed E-state index contributed by atoms with van der Waals surface area (Å²) in [4.78, 5) is 21.1. The summed E-state index contributed by atoms with van der Waals surface area (Å²) < 4.78 is 0. The first-order chi connectivity index (χ1) is 7.02. The van der Waals surface area contributed by atoms with Crippen molar-refractivity contribution >= 4 is 17.6 Å². The van der Waals surface area contributed by atoms with Gasteiger partial charge < -0.3 is 16.6 Å². The molecule has 0 aliphatic rings. The number of nitrogens with two attached hydrogens (primary N) is 2. The van der Waals surface area contributed by atoms with Crippen LogP contribution in [0.2, 0.25) is 0 Å². The summed E-state index contributed by atoms with van der Waals surface area (Å²) in [6, 6.07) is 4.36. The van der Waals surface area contributed by atoms with E-state index < -0.39 is 11.9 Å². The normalized spacial score (nSPS) is 8.80. The predicted molar refractivity (Wildman–Crippen MR) is 53.9 cm³/mol. The van der Waals surface area contributed by atoms with E-state index in [9.17, 15) is 9.59 Å². The van der Waals surface area contributed by atoms with Crippen LogP contribution in [0.4, 0.5) is 5.69 Å². The van der Waals surface area contributed by atoms with Crippen LogP contribution >= 0.6 is 0 Å². The van der Waals surface area contributed by atoms with Crippen molar-refractivity contribution in [2.45, 2.75) is 0 Å². The van der Waals surface area contributed by atoms with Gasteiger partial charge in [0.05, 0.1) is 11.3 Å². The number of hydrogen-bond acceptors (Lipinski definition) is 3. The third-order valence-corrected chi connectivity index (χ3v) is 1.66. The van der Waals surface area contributed by atoms with E-state index in [0.29, 0.717) is 0 Å². The molecule has 1 rings (SSSR count). The zero-order valence-electron chi connectivity index (χ0n) is 7.65. The number of carboxylic acid groups (broad SMARTS) is 1. The molecule has 0 aliphatic carbocycles. The van der Waals surface area contributed by atoms with Gasteiger partial charge in [0.15, 0.2) is 0 Å². The Morgan fingerprint density at radius 2 is 2.00 bits per heavy atom. The highest BCUT2D eigenvalue weighted by Crippen LogP contribution is 2.16. The molecule has 5 nitrogen and oxygen atoms in total. The Labute approximate surface area is 85.7 Å². The predicted octanol–water partition coefficient (Wildman–Crippen LogP) is -0.196.